The van der Waals surface area contributed by atoms with Crippen molar-refractivity contribution in [3.05, 3.63) is 23.3 Å². The molecule has 0 bridgehead atoms. The smallest absolute Gasteiger partial charge is 0.324 e. The molecule has 0 fully saturated rings. The van der Waals surface area contributed by atoms with Crippen LogP contribution in [0.2, 0.25) is 0 Å². The van der Waals surface area contributed by atoms with Gasteiger partial charge in [0.25, 0.3) is 0 Å². The monoisotopic (exact) mass is 197 g/mol. The van der Waals surface area contributed by atoms with Gasteiger partial charge in [0.15, 0.2) is 0 Å². The fourth-order valence-electron chi connectivity index (χ4n) is 1.05. The van der Waals surface area contributed by atoms with Gasteiger partial charge in [0, 0.05) is 0 Å². The standard InChI is InChI=1S/C11H19NO2/c1-8(2)5-4-6-9(3)7-10(12)11(13)14/h5,7,10H,4,6,12H2,1-3H3,(H,13,14). The Hall–Kier alpha value is -1.09. The first kappa shape index (κ1) is 12.9. The molecule has 3 heteroatoms. The number of rotatable bonds is 5. The van der Waals surface area contributed by atoms with E-state index < -0.39 is 12.0 Å². The summed E-state index contributed by atoms with van der Waals surface area (Å²) in [7, 11) is 0. The lowest BCUT2D eigenvalue weighted by atomic mass is 10.1. The van der Waals surface area contributed by atoms with Crippen molar-refractivity contribution in [1.29, 1.82) is 0 Å². The summed E-state index contributed by atoms with van der Waals surface area (Å²) < 4.78 is 0. The summed E-state index contributed by atoms with van der Waals surface area (Å²) in [4.78, 5) is 10.4. The van der Waals surface area contributed by atoms with E-state index in [2.05, 4.69) is 6.08 Å². The summed E-state index contributed by atoms with van der Waals surface area (Å²) in [5, 5.41) is 8.56. The number of carboxylic acids is 1. The zero-order valence-electron chi connectivity index (χ0n) is 9.08. The largest absolute Gasteiger partial charge is 0.480 e. The Balaban J connectivity index is 4.01. The Bertz CT molecular complexity index is 250. The molecule has 0 aromatic carbocycles. The average Bonchev–Trinajstić information content (AvgIpc) is 2.02. The van der Waals surface area contributed by atoms with Gasteiger partial charge >= 0.3 is 5.97 Å². The zero-order valence-corrected chi connectivity index (χ0v) is 9.08. The lowest BCUT2D eigenvalue weighted by molar-refractivity contribution is -0.137. The predicted molar refractivity (Wildman–Crippen MR) is 58.0 cm³/mol. The quantitative estimate of drug-likeness (QED) is 0.663. The van der Waals surface area contributed by atoms with Crippen molar-refractivity contribution in [2.24, 2.45) is 5.73 Å². The lowest BCUT2D eigenvalue weighted by Crippen LogP contribution is -2.27. The van der Waals surface area contributed by atoms with Gasteiger partial charge in [-0.1, -0.05) is 23.3 Å². The summed E-state index contributed by atoms with van der Waals surface area (Å²) in [6, 6.07) is -0.873. The second-order valence-electron chi connectivity index (χ2n) is 3.70. The second-order valence-corrected chi connectivity index (χ2v) is 3.70. The van der Waals surface area contributed by atoms with E-state index in [1.54, 1.807) is 6.08 Å². The van der Waals surface area contributed by atoms with Gasteiger partial charge < -0.3 is 10.8 Å². The van der Waals surface area contributed by atoms with Gasteiger partial charge in [0.2, 0.25) is 0 Å². The van der Waals surface area contributed by atoms with E-state index >= 15 is 0 Å². The number of carboxylic acid groups (broad SMARTS) is 1. The van der Waals surface area contributed by atoms with Crippen molar-refractivity contribution < 1.29 is 9.90 Å². The van der Waals surface area contributed by atoms with Crippen LogP contribution in [0.3, 0.4) is 0 Å². The Kier molecular flexibility index (Phi) is 5.88. The van der Waals surface area contributed by atoms with Crippen molar-refractivity contribution in [1.82, 2.24) is 0 Å². The second kappa shape index (κ2) is 6.38. The van der Waals surface area contributed by atoms with Crippen LogP contribution < -0.4 is 5.73 Å². The molecular formula is C11H19NO2. The maximum atomic E-state index is 10.4. The molecule has 0 radical (unpaired) electrons. The number of carbonyl (C=O) groups is 1. The minimum atomic E-state index is -0.980. The average molecular weight is 197 g/mol. The molecule has 1 unspecified atom stereocenters. The van der Waals surface area contributed by atoms with Gasteiger partial charge in [0.05, 0.1) is 0 Å². The van der Waals surface area contributed by atoms with E-state index in [-0.39, 0.29) is 0 Å². The molecule has 0 aliphatic heterocycles. The summed E-state index contributed by atoms with van der Waals surface area (Å²) in [5.41, 5.74) is 7.66. The highest BCUT2D eigenvalue weighted by molar-refractivity contribution is 5.75. The first-order valence-electron chi connectivity index (χ1n) is 4.72. The molecule has 3 N–H and O–H groups in total. The van der Waals surface area contributed by atoms with Crippen LogP contribution in [0, 0.1) is 0 Å². The lowest BCUT2D eigenvalue weighted by Gasteiger charge is -2.02. The fraction of sp³-hybridized carbons (Fsp3) is 0.545. The summed E-state index contributed by atoms with van der Waals surface area (Å²) in [5.74, 6) is -0.980. The zero-order chi connectivity index (χ0) is 11.1. The number of aliphatic carboxylic acids is 1. The molecule has 0 aromatic heterocycles. The molecule has 0 heterocycles. The molecule has 1 atom stereocenters. The van der Waals surface area contributed by atoms with Crippen LogP contribution in [0.5, 0.6) is 0 Å². The molecule has 0 saturated heterocycles. The summed E-state index contributed by atoms with van der Waals surface area (Å²) in [6.07, 6.45) is 5.54. The van der Waals surface area contributed by atoms with Gasteiger partial charge in [-0.3, -0.25) is 4.79 Å². The number of hydrogen-bond acceptors (Lipinski definition) is 2. The summed E-state index contributed by atoms with van der Waals surface area (Å²) in [6.45, 7) is 5.99. The molecule has 0 spiro atoms. The first-order chi connectivity index (χ1) is 6.43. The molecule has 0 rings (SSSR count). The molecular weight excluding hydrogens is 178 g/mol. The van der Waals surface area contributed by atoms with Crippen LogP contribution in [-0.2, 0) is 4.79 Å². The van der Waals surface area contributed by atoms with Gasteiger partial charge in [-0.05, 0) is 33.6 Å². The highest BCUT2D eigenvalue weighted by atomic mass is 16.4. The van der Waals surface area contributed by atoms with Crippen LogP contribution >= 0.6 is 0 Å². The molecule has 0 aromatic rings. The predicted octanol–water partition coefficient (Wildman–Crippen LogP) is 2.09. The number of hydrogen-bond donors (Lipinski definition) is 2. The van der Waals surface area contributed by atoms with Crippen molar-refractivity contribution in [3.8, 4) is 0 Å². The third kappa shape index (κ3) is 6.43. The van der Waals surface area contributed by atoms with Gasteiger partial charge in [-0.25, -0.2) is 0 Å². The fourth-order valence-corrected chi connectivity index (χ4v) is 1.05. The van der Waals surface area contributed by atoms with E-state index in [4.69, 9.17) is 10.8 Å². The van der Waals surface area contributed by atoms with E-state index in [9.17, 15) is 4.79 Å². The van der Waals surface area contributed by atoms with Crippen molar-refractivity contribution >= 4 is 5.97 Å². The summed E-state index contributed by atoms with van der Waals surface area (Å²) >= 11 is 0. The van der Waals surface area contributed by atoms with Gasteiger partial charge in [-0.15, -0.1) is 0 Å². The van der Waals surface area contributed by atoms with Gasteiger partial charge in [0.1, 0.15) is 6.04 Å². The highest BCUT2D eigenvalue weighted by Crippen LogP contribution is 2.07. The van der Waals surface area contributed by atoms with E-state index in [0.29, 0.717) is 0 Å². The maximum Gasteiger partial charge on any atom is 0.324 e. The highest BCUT2D eigenvalue weighted by Gasteiger charge is 2.06. The number of nitrogens with two attached hydrogens (primary N) is 1. The van der Waals surface area contributed by atoms with Crippen LogP contribution in [0.1, 0.15) is 33.6 Å². The normalized spacial score (nSPS) is 13.6. The molecule has 0 amide bonds. The van der Waals surface area contributed by atoms with E-state index in [0.717, 1.165) is 18.4 Å². The Morgan fingerprint density at radius 1 is 1.43 bits per heavy atom. The van der Waals surface area contributed by atoms with E-state index in [1.165, 1.54) is 5.57 Å². The Labute approximate surface area is 85.3 Å². The van der Waals surface area contributed by atoms with Crippen molar-refractivity contribution in [2.45, 2.75) is 39.7 Å². The number of allylic oxidation sites excluding steroid dienone is 3. The minimum absolute atomic E-state index is 0.867. The third-order valence-electron chi connectivity index (χ3n) is 1.84. The van der Waals surface area contributed by atoms with Crippen molar-refractivity contribution in [2.75, 3.05) is 0 Å². The van der Waals surface area contributed by atoms with Gasteiger partial charge in [-0.2, -0.15) is 0 Å². The van der Waals surface area contributed by atoms with Crippen LogP contribution in [0.15, 0.2) is 23.3 Å². The molecule has 80 valence electrons. The Morgan fingerprint density at radius 3 is 2.43 bits per heavy atom. The first-order valence-corrected chi connectivity index (χ1v) is 4.72. The molecule has 0 aliphatic carbocycles. The molecule has 0 aliphatic rings. The van der Waals surface area contributed by atoms with Crippen LogP contribution in [0.25, 0.3) is 0 Å². The third-order valence-corrected chi connectivity index (χ3v) is 1.84. The Morgan fingerprint density at radius 2 is 2.00 bits per heavy atom. The van der Waals surface area contributed by atoms with Crippen LogP contribution in [0.4, 0.5) is 0 Å². The minimum Gasteiger partial charge on any atom is -0.480 e. The molecule has 14 heavy (non-hydrogen) atoms. The van der Waals surface area contributed by atoms with Crippen LogP contribution in [-0.4, -0.2) is 17.1 Å². The molecule has 0 saturated carbocycles. The van der Waals surface area contributed by atoms with Crippen molar-refractivity contribution in [3.63, 3.8) is 0 Å². The SMILES string of the molecule is CC(C)=CCCC(C)=CC(N)C(=O)O. The molecule has 3 nitrogen and oxygen atoms in total. The van der Waals surface area contributed by atoms with E-state index in [1.807, 2.05) is 20.8 Å². The maximum absolute atomic E-state index is 10.4. The topological polar surface area (TPSA) is 63.3 Å².